The lowest BCUT2D eigenvalue weighted by atomic mass is 10.2. The largest absolute Gasteiger partial charge is 0.461 e. The summed E-state index contributed by atoms with van der Waals surface area (Å²) in [5.74, 6) is -0.0835. The molecule has 0 amide bonds. The summed E-state index contributed by atoms with van der Waals surface area (Å²) in [5, 5.41) is 7.11. The third-order valence-electron chi connectivity index (χ3n) is 4.02. The van der Waals surface area contributed by atoms with Gasteiger partial charge in [0.05, 0.1) is 11.2 Å². The fourth-order valence-electron chi connectivity index (χ4n) is 2.57. The van der Waals surface area contributed by atoms with E-state index in [9.17, 15) is 12.8 Å². The molecule has 0 unspecified atom stereocenters. The van der Waals surface area contributed by atoms with Gasteiger partial charge in [0.15, 0.2) is 5.76 Å². The van der Waals surface area contributed by atoms with Gasteiger partial charge in [-0.3, -0.25) is 0 Å². The molecule has 0 aliphatic rings. The molecule has 0 bridgehead atoms. The minimum absolute atomic E-state index is 0.0173. The summed E-state index contributed by atoms with van der Waals surface area (Å²) < 4.78 is 46.4. The maximum absolute atomic E-state index is 13.2. The van der Waals surface area contributed by atoms with Crippen molar-refractivity contribution in [1.82, 2.24) is 14.2 Å². The molecule has 2 aromatic carbocycles. The van der Waals surface area contributed by atoms with Crippen LogP contribution in [0.3, 0.4) is 0 Å². The van der Waals surface area contributed by atoms with Gasteiger partial charge in [-0.05, 0) is 54.1 Å². The maximum atomic E-state index is 13.2. The molecule has 4 rings (SSSR count). The number of nitrogens with zero attached hydrogens (tertiary/aromatic N) is 3. The molecule has 0 aliphatic heterocycles. The number of hydrogen-bond donors (Lipinski definition) is 1. The summed E-state index contributed by atoms with van der Waals surface area (Å²) in [6, 6.07) is 15.3. The van der Waals surface area contributed by atoms with E-state index in [0.29, 0.717) is 12.3 Å². The second-order valence-corrected chi connectivity index (χ2v) is 8.70. The first-order chi connectivity index (χ1) is 13.9. The molecule has 0 aliphatic carbocycles. The zero-order valence-electron chi connectivity index (χ0n) is 14.8. The highest BCUT2D eigenvalue weighted by Crippen LogP contribution is 2.23. The predicted molar refractivity (Wildman–Crippen MR) is 108 cm³/mol. The number of halogens is 2. The Hall–Kier alpha value is -2.98. The van der Waals surface area contributed by atoms with Crippen molar-refractivity contribution in [3.05, 3.63) is 82.8 Å². The molecule has 0 fully saturated rings. The summed E-state index contributed by atoms with van der Waals surface area (Å²) in [6.45, 7) is 0.322. The van der Waals surface area contributed by atoms with E-state index in [1.165, 1.54) is 18.4 Å². The van der Waals surface area contributed by atoms with Gasteiger partial charge in [-0.1, -0.05) is 28.1 Å². The van der Waals surface area contributed by atoms with Gasteiger partial charge in [0, 0.05) is 11.0 Å². The van der Waals surface area contributed by atoms with E-state index in [4.69, 9.17) is 4.42 Å². The molecule has 0 radical (unpaired) electrons. The maximum Gasteiger partial charge on any atom is 0.286 e. The quantitative estimate of drug-likeness (QED) is 0.446. The fourth-order valence-corrected chi connectivity index (χ4v) is 4.04. The van der Waals surface area contributed by atoms with Crippen molar-refractivity contribution >= 4 is 31.9 Å². The number of aromatic nitrogens is 3. The first kappa shape index (κ1) is 19.3. The lowest BCUT2D eigenvalue weighted by Crippen LogP contribution is -2.18. The Kier molecular flexibility index (Phi) is 5.20. The van der Waals surface area contributed by atoms with Crippen LogP contribution in [0.4, 0.5) is 10.3 Å². The summed E-state index contributed by atoms with van der Waals surface area (Å²) in [5.41, 5.74) is 0.918. The van der Waals surface area contributed by atoms with Crippen LogP contribution in [-0.4, -0.2) is 22.6 Å². The van der Waals surface area contributed by atoms with Crippen molar-refractivity contribution < 1.29 is 17.2 Å². The van der Waals surface area contributed by atoms with Crippen LogP contribution in [0.25, 0.3) is 11.6 Å². The van der Waals surface area contributed by atoms with Gasteiger partial charge in [-0.25, -0.2) is 4.39 Å². The van der Waals surface area contributed by atoms with Crippen LogP contribution in [0.2, 0.25) is 0 Å². The molecule has 0 saturated carbocycles. The van der Waals surface area contributed by atoms with Crippen LogP contribution in [0.15, 0.2) is 80.7 Å². The predicted octanol–water partition coefficient (Wildman–Crippen LogP) is 4.29. The summed E-state index contributed by atoms with van der Waals surface area (Å²) in [4.78, 5) is 4.17. The Balaban J connectivity index is 1.73. The number of furan rings is 1. The third kappa shape index (κ3) is 4.08. The summed E-state index contributed by atoms with van der Waals surface area (Å²) >= 11 is 3.37. The molecular weight excluding hydrogens is 463 g/mol. The highest BCUT2D eigenvalue weighted by atomic mass is 79.9. The third-order valence-corrected chi connectivity index (χ3v) is 6.13. The molecule has 10 heteroatoms. The lowest BCUT2D eigenvalue weighted by molar-refractivity contribution is 0.573. The van der Waals surface area contributed by atoms with E-state index in [1.54, 1.807) is 12.1 Å². The number of benzene rings is 2. The molecular formula is C19H14BrFN4O3S. The molecule has 1 N–H and O–H groups in total. The van der Waals surface area contributed by atoms with Gasteiger partial charge in [0.1, 0.15) is 5.82 Å². The van der Waals surface area contributed by atoms with Crippen LogP contribution in [0, 0.1) is 5.82 Å². The van der Waals surface area contributed by atoms with Crippen LogP contribution >= 0.6 is 15.9 Å². The number of rotatable bonds is 6. The van der Waals surface area contributed by atoms with Crippen molar-refractivity contribution in [2.45, 2.75) is 11.4 Å². The molecule has 0 saturated heterocycles. The molecule has 29 heavy (non-hydrogen) atoms. The van der Waals surface area contributed by atoms with Gasteiger partial charge in [-0.2, -0.15) is 13.4 Å². The topological polar surface area (TPSA) is 90.0 Å². The minimum Gasteiger partial charge on any atom is -0.461 e. The smallest absolute Gasteiger partial charge is 0.286 e. The van der Waals surface area contributed by atoms with E-state index < -0.39 is 15.8 Å². The van der Waals surface area contributed by atoms with E-state index in [-0.39, 0.29) is 16.7 Å². The lowest BCUT2D eigenvalue weighted by Gasteiger charge is -2.09. The first-order valence-electron chi connectivity index (χ1n) is 8.44. The monoisotopic (exact) mass is 476 g/mol. The number of nitrogens with one attached hydrogen (secondary N) is 1. The Morgan fingerprint density at radius 2 is 1.79 bits per heavy atom. The zero-order chi connectivity index (χ0) is 20.4. The van der Waals surface area contributed by atoms with Crippen molar-refractivity contribution in [3.8, 4) is 11.6 Å². The van der Waals surface area contributed by atoms with Crippen LogP contribution in [-0.2, 0) is 16.6 Å². The van der Waals surface area contributed by atoms with Crippen LogP contribution in [0.1, 0.15) is 5.56 Å². The Morgan fingerprint density at radius 3 is 2.45 bits per heavy atom. The fraction of sp³-hybridized carbons (Fsp3) is 0.0526. The van der Waals surface area contributed by atoms with Crippen molar-refractivity contribution in [3.63, 3.8) is 0 Å². The Labute approximate surface area is 174 Å². The van der Waals surface area contributed by atoms with Gasteiger partial charge in [0.2, 0.25) is 11.8 Å². The standard InChI is InChI=1S/C19H14BrFN4O3S/c20-14-5-3-13(4-6-14)12-22-19-23-18(17-2-1-11-28-17)24-25(19)29(26,27)16-9-7-15(21)8-10-16/h1-11H,12H2,(H,22,23,24). The van der Waals surface area contributed by atoms with E-state index in [1.807, 2.05) is 24.3 Å². The average Bonchev–Trinajstić information content (AvgIpc) is 3.38. The highest BCUT2D eigenvalue weighted by Gasteiger charge is 2.25. The molecule has 0 spiro atoms. The van der Waals surface area contributed by atoms with Crippen molar-refractivity contribution in [2.75, 3.05) is 5.32 Å². The van der Waals surface area contributed by atoms with Gasteiger partial charge < -0.3 is 9.73 Å². The van der Waals surface area contributed by atoms with E-state index >= 15 is 0 Å². The average molecular weight is 477 g/mol. The molecule has 7 nitrogen and oxygen atoms in total. The van der Waals surface area contributed by atoms with Crippen LogP contribution < -0.4 is 5.32 Å². The van der Waals surface area contributed by atoms with Gasteiger partial charge in [-0.15, -0.1) is 9.19 Å². The van der Waals surface area contributed by atoms with Gasteiger partial charge >= 0.3 is 0 Å². The SMILES string of the molecule is O=S(=O)(c1ccc(F)cc1)n1nc(-c2ccco2)nc1NCc1ccc(Br)cc1. The Bertz CT molecular complexity index is 1220. The summed E-state index contributed by atoms with van der Waals surface area (Å²) in [7, 11) is -4.10. The summed E-state index contributed by atoms with van der Waals surface area (Å²) in [6.07, 6.45) is 1.44. The molecule has 2 aromatic heterocycles. The number of hydrogen-bond acceptors (Lipinski definition) is 6. The molecule has 2 heterocycles. The van der Waals surface area contributed by atoms with E-state index in [2.05, 4.69) is 31.3 Å². The first-order valence-corrected chi connectivity index (χ1v) is 10.7. The molecule has 0 atom stereocenters. The van der Waals surface area contributed by atoms with Crippen molar-refractivity contribution in [2.24, 2.45) is 0 Å². The van der Waals surface area contributed by atoms with Crippen molar-refractivity contribution in [1.29, 1.82) is 0 Å². The normalized spacial score (nSPS) is 11.5. The second kappa shape index (κ2) is 7.80. The second-order valence-electron chi connectivity index (χ2n) is 6.02. The van der Waals surface area contributed by atoms with Crippen LogP contribution in [0.5, 0.6) is 0 Å². The van der Waals surface area contributed by atoms with E-state index in [0.717, 1.165) is 26.3 Å². The van der Waals surface area contributed by atoms with Gasteiger partial charge in [0.25, 0.3) is 10.0 Å². The number of anilines is 1. The zero-order valence-corrected chi connectivity index (χ0v) is 17.2. The highest BCUT2D eigenvalue weighted by molar-refractivity contribution is 9.10. The molecule has 148 valence electrons. The minimum atomic E-state index is -4.10. The molecule has 4 aromatic rings. The Morgan fingerprint density at radius 1 is 1.07 bits per heavy atom.